The molecule has 5 N–H and O–H groups in total. The number of hydrogen-bond donors (Lipinski definition) is 2. The molecule has 1 saturated heterocycles. The van der Waals surface area contributed by atoms with Crippen LogP contribution in [0.15, 0.2) is 53.2 Å². The van der Waals surface area contributed by atoms with Crippen molar-refractivity contribution in [1.82, 2.24) is 40.7 Å². The molecule has 0 atom stereocenters. The van der Waals surface area contributed by atoms with Crippen LogP contribution in [0.4, 0.5) is 5.82 Å². The predicted molar refractivity (Wildman–Crippen MR) is 168 cm³/mol. The van der Waals surface area contributed by atoms with Gasteiger partial charge < -0.3 is 21.2 Å². The normalized spacial score (nSPS) is 20.4. The van der Waals surface area contributed by atoms with Crippen LogP contribution in [-0.4, -0.2) is 73.8 Å². The van der Waals surface area contributed by atoms with E-state index >= 15 is 0 Å². The molecule has 10 heteroatoms. The number of anilines is 1. The first kappa shape index (κ1) is 28.3. The smallest absolute Gasteiger partial charge is 0.227 e. The van der Waals surface area contributed by atoms with E-state index in [9.17, 15) is 0 Å². The van der Waals surface area contributed by atoms with Crippen molar-refractivity contribution in [1.29, 1.82) is 0 Å². The molecule has 0 radical (unpaired) electrons. The molecule has 4 heterocycles. The minimum Gasteiger partial charge on any atom is -0.436 e. The molecule has 1 aliphatic carbocycles. The first-order valence-corrected chi connectivity index (χ1v) is 14.9. The van der Waals surface area contributed by atoms with Crippen molar-refractivity contribution in [3.63, 3.8) is 0 Å². The Bertz CT molecular complexity index is 1670. The molecule has 2 aliphatic rings. The first-order chi connectivity index (χ1) is 20.0. The van der Waals surface area contributed by atoms with Gasteiger partial charge in [0.1, 0.15) is 23.4 Å². The number of hydrogen-bond acceptors (Lipinski definition) is 9. The summed E-state index contributed by atoms with van der Waals surface area (Å²) in [6, 6.07) is 15.3. The third-order valence-corrected chi connectivity index (χ3v) is 9.06. The molecule has 0 spiro atoms. The zero-order valence-corrected chi connectivity index (χ0v) is 24.8. The fourth-order valence-electron chi connectivity index (χ4n) is 6.63. The van der Waals surface area contributed by atoms with Crippen LogP contribution >= 0.6 is 0 Å². The Hall–Kier alpha value is -3.86. The molecule has 220 valence electrons. The average Bonchev–Trinajstić information content (AvgIpc) is 3.61. The summed E-state index contributed by atoms with van der Waals surface area (Å²) < 4.78 is 8.36. The van der Waals surface area contributed by atoms with Crippen molar-refractivity contribution in [3.05, 3.63) is 54.4 Å². The van der Waals surface area contributed by atoms with Gasteiger partial charge in [-0.1, -0.05) is 38.1 Å². The van der Waals surface area contributed by atoms with Gasteiger partial charge in [0.2, 0.25) is 5.89 Å². The molecule has 3 aromatic heterocycles. The molecular formula is C32H41N9O. The maximum Gasteiger partial charge on any atom is 0.227 e. The summed E-state index contributed by atoms with van der Waals surface area (Å²) in [5.41, 5.74) is 12.9. The molecule has 5 aromatic rings. The van der Waals surface area contributed by atoms with Crippen LogP contribution in [0.2, 0.25) is 0 Å². The number of likely N-dealkylation sites (N-methyl/N-ethyl adjacent to an activating group) is 1. The third kappa shape index (κ3) is 5.04. The van der Waals surface area contributed by atoms with Crippen molar-refractivity contribution in [2.45, 2.75) is 57.5 Å². The van der Waals surface area contributed by atoms with Crippen molar-refractivity contribution in [2.24, 2.45) is 0 Å². The van der Waals surface area contributed by atoms with Gasteiger partial charge in [0.25, 0.3) is 0 Å². The second-order valence-electron chi connectivity index (χ2n) is 12.0. The Morgan fingerprint density at radius 3 is 2.29 bits per heavy atom. The van der Waals surface area contributed by atoms with Gasteiger partial charge in [0.15, 0.2) is 11.2 Å². The van der Waals surface area contributed by atoms with Gasteiger partial charge in [-0.05, 0) is 62.4 Å². The highest BCUT2D eigenvalue weighted by Gasteiger charge is 2.30. The molecular weight excluding hydrogens is 526 g/mol. The Morgan fingerprint density at radius 1 is 0.881 bits per heavy atom. The van der Waals surface area contributed by atoms with Crippen LogP contribution in [0, 0.1) is 0 Å². The lowest BCUT2D eigenvalue weighted by molar-refractivity contribution is 0.0815. The lowest BCUT2D eigenvalue weighted by atomic mass is 9.90. The number of benzene rings is 2. The maximum absolute atomic E-state index is 6.43. The third-order valence-electron chi connectivity index (χ3n) is 9.06. The Morgan fingerprint density at radius 2 is 1.57 bits per heavy atom. The number of fused-ring (bicyclic) bond motifs is 2. The van der Waals surface area contributed by atoms with Gasteiger partial charge in [-0.2, -0.15) is 5.10 Å². The predicted octanol–water partition coefficient (Wildman–Crippen LogP) is 5.90. The van der Waals surface area contributed by atoms with Crippen LogP contribution in [0.3, 0.4) is 0 Å². The number of oxazole rings is 1. The molecule has 1 aliphatic heterocycles. The van der Waals surface area contributed by atoms with E-state index in [1.165, 1.54) is 31.5 Å². The zero-order valence-electron chi connectivity index (χ0n) is 24.8. The van der Waals surface area contributed by atoms with E-state index in [1.807, 2.05) is 24.3 Å². The summed E-state index contributed by atoms with van der Waals surface area (Å²) in [4.78, 5) is 18.9. The van der Waals surface area contributed by atoms with Crippen LogP contribution in [-0.2, 0) is 0 Å². The van der Waals surface area contributed by atoms with Gasteiger partial charge >= 0.3 is 0 Å². The summed E-state index contributed by atoms with van der Waals surface area (Å²) in [7, 11) is 2.22. The average molecular weight is 568 g/mol. The molecule has 2 fully saturated rings. The Kier molecular flexibility index (Phi) is 7.69. The molecule has 0 bridgehead atoms. The topological polar surface area (TPSA) is 137 Å². The highest BCUT2D eigenvalue weighted by Crippen LogP contribution is 2.38. The summed E-state index contributed by atoms with van der Waals surface area (Å²) in [6.45, 7) is 9.00. The van der Waals surface area contributed by atoms with Crippen LogP contribution in [0.1, 0.15) is 57.1 Å². The highest BCUT2D eigenvalue weighted by atomic mass is 16.3. The number of para-hydroxylation sites is 1. The van der Waals surface area contributed by atoms with Crippen LogP contribution < -0.4 is 11.9 Å². The van der Waals surface area contributed by atoms with Gasteiger partial charge in [-0.25, -0.2) is 19.6 Å². The standard InChI is InChI=1S/C32H38N8O.H3N/c1-20(2)25-5-4-6-26-29(25)41-32(36-26)22-9-7-21(8-10-22)28-27-30(33)34-19-35-31(27)40(37-28)24-13-11-23(12-14-24)39-17-15-38(3)16-18-39;/h4-10,19-20,23-24H,11-18H2,1-3H3,(H2,33,34,35);1H3. The van der Waals surface area contributed by atoms with E-state index in [1.54, 1.807) is 6.33 Å². The van der Waals surface area contributed by atoms with Gasteiger partial charge in [-0.15, -0.1) is 0 Å². The quantitative estimate of drug-likeness (QED) is 0.266. The molecule has 10 nitrogen and oxygen atoms in total. The van der Waals surface area contributed by atoms with Crippen molar-refractivity contribution in [3.8, 4) is 22.7 Å². The van der Waals surface area contributed by atoms with E-state index in [2.05, 4.69) is 63.5 Å². The number of nitrogens with zero attached hydrogens (tertiary/aromatic N) is 7. The molecule has 2 aromatic carbocycles. The summed E-state index contributed by atoms with van der Waals surface area (Å²) in [5.74, 6) is 1.45. The lowest BCUT2D eigenvalue weighted by Crippen LogP contribution is -2.49. The van der Waals surface area contributed by atoms with Crippen molar-refractivity contribution < 1.29 is 4.42 Å². The van der Waals surface area contributed by atoms with Gasteiger partial charge in [0.05, 0.1) is 11.4 Å². The number of rotatable bonds is 5. The van der Waals surface area contributed by atoms with Crippen molar-refractivity contribution >= 4 is 28.0 Å². The summed E-state index contributed by atoms with van der Waals surface area (Å²) in [5, 5.41) is 5.96. The number of piperazine rings is 1. The largest absolute Gasteiger partial charge is 0.436 e. The SMILES string of the molecule is CC(C)c1cccc2nc(-c3ccc(-c4nn(C5CCC(N6CCN(C)CC6)CC5)c5ncnc(N)c45)cc3)oc12.N. The second-order valence-corrected chi connectivity index (χ2v) is 12.0. The second kappa shape index (κ2) is 11.4. The maximum atomic E-state index is 6.43. The van der Waals surface area contributed by atoms with E-state index in [0.29, 0.717) is 29.7 Å². The number of aromatic nitrogens is 5. The van der Waals surface area contributed by atoms with Crippen molar-refractivity contribution in [2.75, 3.05) is 39.0 Å². The molecule has 0 unspecified atom stereocenters. The molecule has 0 amide bonds. The minimum atomic E-state index is 0. The molecule has 7 rings (SSSR count). The van der Waals surface area contributed by atoms with Gasteiger partial charge in [-0.3, -0.25) is 4.90 Å². The summed E-state index contributed by atoms with van der Waals surface area (Å²) in [6.07, 6.45) is 6.10. The van der Waals surface area contributed by atoms with E-state index in [-0.39, 0.29) is 6.15 Å². The molecule has 42 heavy (non-hydrogen) atoms. The number of nitrogens with two attached hydrogens (primary N) is 1. The highest BCUT2D eigenvalue weighted by molar-refractivity contribution is 5.98. The fraction of sp³-hybridized carbons (Fsp3) is 0.438. The van der Waals surface area contributed by atoms with E-state index < -0.39 is 0 Å². The zero-order chi connectivity index (χ0) is 28.1. The van der Waals surface area contributed by atoms with E-state index in [4.69, 9.17) is 20.2 Å². The fourth-order valence-corrected chi connectivity index (χ4v) is 6.63. The first-order valence-electron chi connectivity index (χ1n) is 14.9. The monoisotopic (exact) mass is 567 g/mol. The minimum absolute atomic E-state index is 0. The summed E-state index contributed by atoms with van der Waals surface area (Å²) >= 11 is 0. The lowest BCUT2D eigenvalue weighted by Gasteiger charge is -2.41. The number of nitrogen functional groups attached to an aromatic ring is 1. The van der Waals surface area contributed by atoms with Gasteiger partial charge in [0, 0.05) is 43.3 Å². The van der Waals surface area contributed by atoms with Crippen LogP contribution in [0.5, 0.6) is 0 Å². The Labute approximate surface area is 246 Å². The Balaban J connectivity index is 0.00000316. The molecule has 1 saturated carbocycles. The van der Waals surface area contributed by atoms with E-state index in [0.717, 1.165) is 64.9 Å². The van der Waals surface area contributed by atoms with Crippen LogP contribution in [0.25, 0.3) is 44.8 Å².